The van der Waals surface area contributed by atoms with Crippen LogP contribution in [0.2, 0.25) is 0 Å². The van der Waals surface area contributed by atoms with E-state index in [2.05, 4.69) is 32.3 Å². The van der Waals surface area contributed by atoms with Crippen molar-refractivity contribution in [2.75, 3.05) is 18.2 Å². The van der Waals surface area contributed by atoms with Crippen LogP contribution in [-0.2, 0) is 17.8 Å². The highest BCUT2D eigenvalue weighted by Crippen LogP contribution is 2.24. The monoisotopic (exact) mass is 444 g/mol. The Labute approximate surface area is 183 Å². The van der Waals surface area contributed by atoms with E-state index >= 15 is 0 Å². The maximum Gasteiger partial charge on any atom is 0.236 e. The molecule has 0 spiro atoms. The van der Waals surface area contributed by atoms with Gasteiger partial charge in [0.1, 0.15) is 16.6 Å². The topological polar surface area (TPSA) is 94.8 Å². The van der Waals surface area contributed by atoms with E-state index in [4.69, 9.17) is 4.74 Å². The maximum absolute atomic E-state index is 12.3. The van der Waals surface area contributed by atoms with Gasteiger partial charge in [0.2, 0.25) is 11.0 Å². The summed E-state index contributed by atoms with van der Waals surface area (Å²) in [6.45, 7) is 8.47. The smallest absolute Gasteiger partial charge is 0.236 e. The Bertz CT molecular complexity index is 997. The number of aromatic nitrogens is 5. The van der Waals surface area contributed by atoms with E-state index in [0.29, 0.717) is 23.3 Å². The van der Waals surface area contributed by atoms with Crippen molar-refractivity contribution in [1.29, 1.82) is 0 Å². The van der Waals surface area contributed by atoms with Gasteiger partial charge in [-0.2, -0.15) is 0 Å². The van der Waals surface area contributed by atoms with Gasteiger partial charge in [-0.05, 0) is 17.7 Å². The Morgan fingerprint density at radius 1 is 1.27 bits per heavy atom. The molecule has 1 N–H and O–H groups in total. The van der Waals surface area contributed by atoms with Gasteiger partial charge in [-0.15, -0.1) is 27.0 Å². The molecule has 1 aromatic carbocycles. The predicted octanol–water partition coefficient (Wildman–Crippen LogP) is 3.77. The molecule has 10 heteroatoms. The summed E-state index contributed by atoms with van der Waals surface area (Å²) < 4.78 is 7.17. The second-order valence-corrected chi connectivity index (χ2v) is 8.71. The van der Waals surface area contributed by atoms with Crippen LogP contribution in [0.25, 0.3) is 0 Å². The van der Waals surface area contributed by atoms with Gasteiger partial charge in [0, 0.05) is 18.9 Å². The minimum Gasteiger partial charge on any atom is -0.497 e. The van der Waals surface area contributed by atoms with Crippen molar-refractivity contribution in [3.05, 3.63) is 53.3 Å². The minimum atomic E-state index is -0.156. The van der Waals surface area contributed by atoms with Crippen LogP contribution in [0, 0.1) is 0 Å². The highest BCUT2D eigenvalue weighted by molar-refractivity contribution is 7.99. The van der Waals surface area contributed by atoms with E-state index in [1.54, 1.807) is 13.2 Å². The molecule has 0 fully saturated rings. The molecule has 0 saturated heterocycles. The predicted molar refractivity (Wildman–Crippen MR) is 119 cm³/mol. The van der Waals surface area contributed by atoms with Gasteiger partial charge >= 0.3 is 0 Å². The number of nitrogens with zero attached hydrogens (tertiary/aromatic N) is 5. The van der Waals surface area contributed by atoms with Crippen molar-refractivity contribution < 1.29 is 9.53 Å². The van der Waals surface area contributed by atoms with Crippen molar-refractivity contribution in [1.82, 2.24) is 25.0 Å². The van der Waals surface area contributed by atoms with Gasteiger partial charge in [-0.1, -0.05) is 55.2 Å². The normalized spacial score (nSPS) is 10.9. The number of carbonyl (C=O) groups is 1. The summed E-state index contributed by atoms with van der Waals surface area (Å²) in [5.41, 5.74) is 1.10. The third-order valence-corrected chi connectivity index (χ3v) is 6.25. The molecule has 30 heavy (non-hydrogen) atoms. The zero-order chi connectivity index (χ0) is 21.5. The molecule has 0 saturated carbocycles. The highest BCUT2D eigenvalue weighted by Gasteiger charge is 2.15. The van der Waals surface area contributed by atoms with Crippen LogP contribution in [0.3, 0.4) is 0 Å². The molecule has 0 atom stereocenters. The number of benzene rings is 1. The van der Waals surface area contributed by atoms with Crippen LogP contribution in [-0.4, -0.2) is 43.7 Å². The number of nitrogens with one attached hydrogen (secondary N) is 1. The molecule has 0 bridgehead atoms. The summed E-state index contributed by atoms with van der Waals surface area (Å²) in [4.78, 5) is 12.3. The Morgan fingerprint density at radius 2 is 2.03 bits per heavy atom. The van der Waals surface area contributed by atoms with Crippen LogP contribution in [0.4, 0.5) is 5.13 Å². The number of hydrogen-bond acceptors (Lipinski definition) is 8. The van der Waals surface area contributed by atoms with Crippen molar-refractivity contribution in [3.63, 3.8) is 0 Å². The molecule has 0 radical (unpaired) electrons. The molecule has 0 unspecified atom stereocenters. The average Bonchev–Trinajstić information content (AvgIpc) is 3.35. The fraction of sp³-hybridized carbons (Fsp3) is 0.350. The zero-order valence-electron chi connectivity index (χ0n) is 17.2. The van der Waals surface area contributed by atoms with Gasteiger partial charge in [0.15, 0.2) is 5.16 Å². The molecule has 2 aromatic heterocycles. The molecule has 8 nitrogen and oxygen atoms in total. The first-order valence-corrected chi connectivity index (χ1v) is 11.2. The van der Waals surface area contributed by atoms with E-state index in [0.717, 1.165) is 22.1 Å². The molecule has 2 heterocycles. The van der Waals surface area contributed by atoms with E-state index in [1.165, 1.54) is 23.1 Å². The van der Waals surface area contributed by atoms with Gasteiger partial charge in [0.05, 0.1) is 12.9 Å². The summed E-state index contributed by atoms with van der Waals surface area (Å²) >= 11 is 2.72. The Hall–Kier alpha value is -2.72. The number of carbonyl (C=O) groups excluding carboxylic acids is 1. The summed E-state index contributed by atoms with van der Waals surface area (Å²) in [7, 11) is 1.64. The lowest BCUT2D eigenvalue weighted by molar-refractivity contribution is -0.113. The Morgan fingerprint density at radius 3 is 2.67 bits per heavy atom. The van der Waals surface area contributed by atoms with Gasteiger partial charge in [0.25, 0.3) is 0 Å². The summed E-state index contributed by atoms with van der Waals surface area (Å²) in [5.74, 6) is 1.95. The summed E-state index contributed by atoms with van der Waals surface area (Å²) in [6.07, 6.45) is 2.42. The van der Waals surface area contributed by atoms with Crippen molar-refractivity contribution in [2.24, 2.45) is 0 Å². The molecule has 3 aromatic rings. The SMILES string of the molecule is C=CCn1c(Cc2ccc(OC)cc2)nnc1SCC(=O)Nc1nnc(C(C)C)s1. The Kier molecular flexibility index (Phi) is 7.58. The van der Waals surface area contributed by atoms with Crippen LogP contribution in [0.15, 0.2) is 42.1 Å². The van der Waals surface area contributed by atoms with Gasteiger partial charge < -0.3 is 9.30 Å². The number of hydrogen-bond donors (Lipinski definition) is 1. The lowest BCUT2D eigenvalue weighted by atomic mass is 10.1. The number of methoxy groups -OCH3 is 1. The third kappa shape index (κ3) is 5.67. The van der Waals surface area contributed by atoms with Gasteiger partial charge in [-0.25, -0.2) is 0 Å². The number of allylic oxidation sites excluding steroid dienone is 1. The molecule has 0 aliphatic carbocycles. The first-order valence-electron chi connectivity index (χ1n) is 9.42. The minimum absolute atomic E-state index is 0.156. The van der Waals surface area contributed by atoms with Crippen LogP contribution >= 0.6 is 23.1 Å². The third-order valence-electron chi connectivity index (χ3n) is 4.14. The summed E-state index contributed by atoms with van der Waals surface area (Å²) in [5, 5.41) is 21.6. The van der Waals surface area contributed by atoms with E-state index in [9.17, 15) is 4.79 Å². The van der Waals surface area contributed by atoms with Crippen molar-refractivity contribution >= 4 is 34.1 Å². The largest absolute Gasteiger partial charge is 0.497 e. The molecule has 1 amide bonds. The second kappa shape index (κ2) is 10.4. The van der Waals surface area contributed by atoms with Crippen molar-refractivity contribution in [3.8, 4) is 5.75 Å². The molecular weight excluding hydrogens is 420 g/mol. The van der Waals surface area contributed by atoms with E-state index < -0.39 is 0 Å². The summed E-state index contributed by atoms with van der Waals surface area (Å²) in [6, 6.07) is 7.84. The fourth-order valence-electron chi connectivity index (χ4n) is 2.60. The maximum atomic E-state index is 12.3. The van der Waals surface area contributed by atoms with Crippen LogP contribution in [0.5, 0.6) is 5.75 Å². The standard InChI is InChI=1S/C20H24N6O2S2/c1-5-10-26-16(11-14-6-8-15(28-4)9-7-14)22-25-20(26)29-12-17(27)21-19-24-23-18(30-19)13(2)3/h5-9,13H,1,10-12H2,2-4H3,(H,21,24,27). The molecule has 0 aliphatic heterocycles. The lowest BCUT2D eigenvalue weighted by Gasteiger charge is -2.08. The quantitative estimate of drug-likeness (QED) is 0.376. The molecular formula is C20H24N6O2S2. The first-order chi connectivity index (χ1) is 14.5. The van der Waals surface area contributed by atoms with Gasteiger partial charge in [-0.3, -0.25) is 10.1 Å². The fourth-order valence-corrected chi connectivity index (χ4v) is 4.13. The van der Waals surface area contributed by atoms with E-state index in [-0.39, 0.29) is 17.6 Å². The number of amides is 1. The molecule has 3 rings (SSSR count). The van der Waals surface area contributed by atoms with Crippen molar-refractivity contribution in [2.45, 2.75) is 37.9 Å². The first kappa shape index (κ1) is 22.0. The van der Waals surface area contributed by atoms with E-state index in [1.807, 2.05) is 42.7 Å². The number of rotatable bonds is 10. The average molecular weight is 445 g/mol. The number of ether oxygens (including phenoxy) is 1. The number of anilines is 1. The zero-order valence-corrected chi connectivity index (χ0v) is 18.8. The highest BCUT2D eigenvalue weighted by atomic mass is 32.2. The molecule has 158 valence electrons. The van der Waals surface area contributed by atoms with Crippen LogP contribution < -0.4 is 10.1 Å². The number of thioether (sulfide) groups is 1. The molecule has 0 aliphatic rings. The lowest BCUT2D eigenvalue weighted by Crippen LogP contribution is -2.14. The van der Waals surface area contributed by atoms with Crippen LogP contribution in [0.1, 0.15) is 36.2 Å². The second-order valence-electron chi connectivity index (χ2n) is 6.76. The Balaban J connectivity index is 1.63.